The number of phenols is 2. The fraction of sp³-hybridized carbons (Fsp3) is 0.391. The van der Waals surface area contributed by atoms with Crippen molar-refractivity contribution in [2.75, 3.05) is 0 Å². The second kappa shape index (κ2) is 13.1. The Morgan fingerprint density at radius 3 is 1.88 bits per heavy atom. The predicted molar refractivity (Wildman–Crippen MR) is 108 cm³/mol. The van der Waals surface area contributed by atoms with Crippen molar-refractivity contribution in [3.05, 3.63) is 66.2 Å². The van der Waals surface area contributed by atoms with Crippen LogP contribution in [0.3, 0.4) is 0 Å². The van der Waals surface area contributed by atoms with Crippen molar-refractivity contribution >= 4 is 6.08 Å². The summed E-state index contributed by atoms with van der Waals surface area (Å²) >= 11 is 0. The van der Waals surface area contributed by atoms with Gasteiger partial charge in [-0.1, -0.05) is 94.5 Å². The average molecular weight is 341 g/mol. The summed E-state index contributed by atoms with van der Waals surface area (Å²) in [5.74, 6) is 0.737. The summed E-state index contributed by atoms with van der Waals surface area (Å²) in [7, 11) is 0. The summed E-state index contributed by atoms with van der Waals surface area (Å²) in [6.07, 6.45) is 11.9. The van der Waals surface area contributed by atoms with E-state index in [0.29, 0.717) is 5.75 Å². The van der Waals surface area contributed by atoms with Crippen molar-refractivity contribution in [2.45, 2.75) is 58.3 Å². The molecule has 136 valence electrons. The molecule has 2 nitrogen and oxygen atoms in total. The van der Waals surface area contributed by atoms with Gasteiger partial charge in [-0.25, -0.2) is 0 Å². The fourth-order valence-electron chi connectivity index (χ4n) is 2.65. The van der Waals surface area contributed by atoms with E-state index in [0.717, 1.165) is 17.5 Å². The molecule has 2 rings (SSSR count). The molecular formula is C23H32O2. The van der Waals surface area contributed by atoms with Crippen LogP contribution in [-0.4, -0.2) is 10.2 Å². The Labute approximate surface area is 152 Å². The van der Waals surface area contributed by atoms with E-state index in [1.807, 2.05) is 30.3 Å². The second-order valence-electron chi connectivity index (χ2n) is 6.26. The molecule has 0 radical (unpaired) electrons. The molecule has 0 aromatic heterocycles. The van der Waals surface area contributed by atoms with Gasteiger partial charge in [-0.15, -0.1) is 0 Å². The molecule has 0 amide bonds. The normalized spacial score (nSPS) is 9.96. The first-order chi connectivity index (χ1) is 12.2. The Balaban J connectivity index is 0.000000293. The van der Waals surface area contributed by atoms with Crippen LogP contribution in [0.2, 0.25) is 0 Å². The molecule has 0 aliphatic rings. The Hall–Kier alpha value is -2.22. The number of hydrogen-bond acceptors (Lipinski definition) is 2. The van der Waals surface area contributed by atoms with Gasteiger partial charge < -0.3 is 10.2 Å². The predicted octanol–water partition coefficient (Wildman–Crippen LogP) is 6.72. The van der Waals surface area contributed by atoms with E-state index in [1.165, 1.54) is 44.9 Å². The highest BCUT2D eigenvalue weighted by Gasteiger charge is 1.98. The topological polar surface area (TPSA) is 40.5 Å². The molecule has 0 unspecified atom stereocenters. The molecule has 0 saturated carbocycles. The summed E-state index contributed by atoms with van der Waals surface area (Å²) in [6.45, 7) is 5.78. The molecule has 0 saturated heterocycles. The lowest BCUT2D eigenvalue weighted by molar-refractivity contribution is 0.466. The van der Waals surface area contributed by atoms with Gasteiger partial charge in [-0.2, -0.15) is 0 Å². The highest BCUT2D eigenvalue weighted by molar-refractivity contribution is 5.54. The maximum atomic E-state index is 9.58. The van der Waals surface area contributed by atoms with E-state index in [4.69, 9.17) is 5.11 Å². The van der Waals surface area contributed by atoms with Crippen LogP contribution < -0.4 is 0 Å². The number of benzene rings is 2. The minimum Gasteiger partial charge on any atom is -0.508 e. The molecule has 0 aliphatic carbocycles. The Morgan fingerprint density at radius 1 is 0.760 bits per heavy atom. The molecule has 2 heteroatoms. The Kier molecular flexibility index (Phi) is 10.9. The maximum absolute atomic E-state index is 9.58. The van der Waals surface area contributed by atoms with Crippen LogP contribution in [0.15, 0.2) is 55.1 Å². The average Bonchev–Trinajstić information content (AvgIpc) is 2.63. The number of para-hydroxylation sites is 2. The number of hydrogen-bond donors (Lipinski definition) is 2. The minimum atomic E-state index is 0.285. The molecule has 2 aromatic rings. The van der Waals surface area contributed by atoms with E-state index in [-0.39, 0.29) is 5.75 Å². The summed E-state index contributed by atoms with van der Waals surface area (Å²) in [6, 6.07) is 14.8. The van der Waals surface area contributed by atoms with Crippen molar-refractivity contribution in [3.8, 4) is 11.5 Å². The summed E-state index contributed by atoms with van der Waals surface area (Å²) < 4.78 is 0. The van der Waals surface area contributed by atoms with Gasteiger partial charge in [-0.3, -0.25) is 0 Å². The zero-order valence-electron chi connectivity index (χ0n) is 15.5. The maximum Gasteiger partial charge on any atom is 0.122 e. The molecule has 0 spiro atoms. The van der Waals surface area contributed by atoms with E-state index < -0.39 is 0 Å². The second-order valence-corrected chi connectivity index (χ2v) is 6.26. The zero-order valence-corrected chi connectivity index (χ0v) is 15.5. The van der Waals surface area contributed by atoms with Crippen molar-refractivity contribution in [3.63, 3.8) is 0 Å². The summed E-state index contributed by atoms with van der Waals surface area (Å²) in [5.41, 5.74) is 1.87. The van der Waals surface area contributed by atoms with Gasteiger partial charge in [0.25, 0.3) is 0 Å². The quantitative estimate of drug-likeness (QED) is 0.497. The molecule has 2 aromatic carbocycles. The van der Waals surface area contributed by atoms with Gasteiger partial charge in [-0.05, 0) is 30.5 Å². The zero-order chi connectivity index (χ0) is 18.3. The Morgan fingerprint density at radius 2 is 1.32 bits per heavy atom. The van der Waals surface area contributed by atoms with Gasteiger partial charge in [0.1, 0.15) is 11.5 Å². The molecule has 0 bridgehead atoms. The number of rotatable bonds is 9. The Bertz CT molecular complexity index is 605. The molecule has 0 heterocycles. The number of phenolic OH excluding ortho intramolecular Hbond substituents is 2. The van der Waals surface area contributed by atoms with Crippen LogP contribution in [0.4, 0.5) is 0 Å². The summed E-state index contributed by atoms with van der Waals surface area (Å²) in [5, 5.41) is 18.6. The van der Waals surface area contributed by atoms with Crippen molar-refractivity contribution in [2.24, 2.45) is 0 Å². The smallest absolute Gasteiger partial charge is 0.122 e. The third kappa shape index (κ3) is 8.99. The first-order valence-corrected chi connectivity index (χ1v) is 9.36. The molecule has 0 atom stereocenters. The van der Waals surface area contributed by atoms with E-state index in [9.17, 15) is 5.11 Å². The van der Waals surface area contributed by atoms with E-state index >= 15 is 0 Å². The van der Waals surface area contributed by atoms with Crippen LogP contribution in [0.1, 0.15) is 63.0 Å². The van der Waals surface area contributed by atoms with Crippen molar-refractivity contribution in [1.29, 1.82) is 0 Å². The van der Waals surface area contributed by atoms with E-state index in [2.05, 4.69) is 13.5 Å². The van der Waals surface area contributed by atoms with Gasteiger partial charge >= 0.3 is 0 Å². The van der Waals surface area contributed by atoms with Crippen molar-refractivity contribution < 1.29 is 10.2 Å². The van der Waals surface area contributed by atoms with Crippen LogP contribution in [0, 0.1) is 0 Å². The van der Waals surface area contributed by atoms with Gasteiger partial charge in [0.05, 0.1) is 0 Å². The first-order valence-electron chi connectivity index (χ1n) is 9.36. The molecule has 25 heavy (non-hydrogen) atoms. The molecular weight excluding hydrogens is 308 g/mol. The van der Waals surface area contributed by atoms with Crippen LogP contribution >= 0.6 is 0 Å². The van der Waals surface area contributed by atoms with E-state index in [1.54, 1.807) is 24.3 Å². The molecule has 2 N–H and O–H groups in total. The SMILES string of the molecule is C=Cc1ccccc1O.CCCCCCCCCc1ccccc1O. The van der Waals surface area contributed by atoms with Crippen LogP contribution in [0.5, 0.6) is 11.5 Å². The largest absolute Gasteiger partial charge is 0.508 e. The first kappa shape index (κ1) is 20.8. The summed E-state index contributed by atoms with van der Waals surface area (Å²) in [4.78, 5) is 0. The van der Waals surface area contributed by atoms with Gasteiger partial charge in [0.15, 0.2) is 0 Å². The van der Waals surface area contributed by atoms with Crippen LogP contribution in [0.25, 0.3) is 6.08 Å². The lowest BCUT2D eigenvalue weighted by Gasteiger charge is -2.04. The number of unbranched alkanes of at least 4 members (excludes halogenated alkanes) is 6. The lowest BCUT2D eigenvalue weighted by Crippen LogP contribution is -1.87. The van der Waals surface area contributed by atoms with Gasteiger partial charge in [0, 0.05) is 5.56 Å². The lowest BCUT2D eigenvalue weighted by atomic mass is 10.0. The molecule has 0 fully saturated rings. The monoisotopic (exact) mass is 340 g/mol. The van der Waals surface area contributed by atoms with Gasteiger partial charge in [0.2, 0.25) is 0 Å². The fourth-order valence-corrected chi connectivity index (χ4v) is 2.65. The third-order valence-electron chi connectivity index (χ3n) is 4.20. The highest BCUT2D eigenvalue weighted by atomic mass is 16.3. The number of aromatic hydroxyl groups is 2. The van der Waals surface area contributed by atoms with Crippen LogP contribution in [-0.2, 0) is 6.42 Å². The number of aryl methyl sites for hydroxylation is 1. The third-order valence-corrected chi connectivity index (χ3v) is 4.20. The molecule has 0 aliphatic heterocycles. The van der Waals surface area contributed by atoms with Crippen molar-refractivity contribution in [1.82, 2.24) is 0 Å². The highest BCUT2D eigenvalue weighted by Crippen LogP contribution is 2.19. The standard InChI is InChI=1S/C15H24O.C8H8O/c1-2-3-4-5-6-7-8-11-14-12-9-10-13-15(14)16;1-2-7-5-3-4-6-8(7)9/h9-10,12-13,16H,2-8,11H2,1H3;2-6,9H,1H2. The minimum absolute atomic E-state index is 0.285.